The number of benzene rings is 1. The third kappa shape index (κ3) is 4.51. The predicted molar refractivity (Wildman–Crippen MR) is 61.8 cm³/mol. The quantitative estimate of drug-likeness (QED) is 0.740. The monoisotopic (exact) mass is 243 g/mol. The molecule has 1 unspecified atom stereocenters. The number of amides is 1. The van der Waals surface area contributed by atoms with Crippen molar-refractivity contribution in [2.45, 2.75) is 18.9 Å². The van der Waals surface area contributed by atoms with E-state index in [0.717, 1.165) is 5.56 Å². The van der Waals surface area contributed by atoms with Gasteiger partial charge in [-0.15, -0.1) is 0 Å². The first kappa shape index (κ1) is 12.8. The highest BCUT2D eigenvalue weighted by Gasteiger charge is 2.11. The fourth-order valence-corrected chi connectivity index (χ4v) is 1.59. The fraction of sp³-hybridized carbons (Fsp3) is 0.364. The van der Waals surface area contributed by atoms with Gasteiger partial charge in [-0.1, -0.05) is 23.7 Å². The van der Waals surface area contributed by atoms with Crippen molar-refractivity contribution in [3.63, 3.8) is 0 Å². The molecule has 0 aliphatic heterocycles. The van der Waals surface area contributed by atoms with Crippen LogP contribution in [0.25, 0.3) is 0 Å². The number of carbonyl (C=O) groups is 1. The van der Waals surface area contributed by atoms with Crippen LogP contribution < -0.4 is 5.32 Å². The van der Waals surface area contributed by atoms with Crippen LogP contribution in [0.2, 0.25) is 5.02 Å². The average Bonchev–Trinajstić information content (AvgIpc) is 2.21. The van der Waals surface area contributed by atoms with Crippen molar-refractivity contribution < 1.29 is 15.0 Å². The van der Waals surface area contributed by atoms with E-state index in [1.807, 2.05) is 12.1 Å². The molecule has 0 heterocycles. The zero-order valence-electron chi connectivity index (χ0n) is 8.69. The summed E-state index contributed by atoms with van der Waals surface area (Å²) in [5.41, 5.74) is 0.983. The lowest BCUT2D eigenvalue weighted by Crippen LogP contribution is -2.36. The van der Waals surface area contributed by atoms with Gasteiger partial charge in [-0.25, -0.2) is 4.79 Å². The molecule has 1 aromatic carbocycles. The van der Waals surface area contributed by atoms with Gasteiger partial charge in [0.2, 0.25) is 0 Å². The number of nitrogens with one attached hydrogen (secondary N) is 1. The molecule has 0 bridgehead atoms. The summed E-state index contributed by atoms with van der Waals surface area (Å²) in [5.74, 6) is 0. The van der Waals surface area contributed by atoms with E-state index in [-0.39, 0.29) is 12.6 Å². The summed E-state index contributed by atoms with van der Waals surface area (Å²) >= 11 is 5.74. The van der Waals surface area contributed by atoms with Gasteiger partial charge in [0.15, 0.2) is 0 Å². The summed E-state index contributed by atoms with van der Waals surface area (Å²) in [4.78, 5) is 10.5. The molecule has 1 amide bonds. The van der Waals surface area contributed by atoms with Gasteiger partial charge >= 0.3 is 6.09 Å². The van der Waals surface area contributed by atoms with Crippen molar-refractivity contribution in [3.8, 4) is 0 Å². The number of rotatable bonds is 5. The Bertz CT molecular complexity index is 340. The van der Waals surface area contributed by atoms with Gasteiger partial charge < -0.3 is 15.5 Å². The summed E-state index contributed by atoms with van der Waals surface area (Å²) in [6, 6.07) is 6.93. The Labute approximate surface area is 98.9 Å². The first-order valence-corrected chi connectivity index (χ1v) is 5.34. The van der Waals surface area contributed by atoms with Crippen molar-refractivity contribution in [2.24, 2.45) is 0 Å². The third-order valence-corrected chi connectivity index (χ3v) is 2.45. The van der Waals surface area contributed by atoms with Crippen LogP contribution in [0.4, 0.5) is 4.79 Å². The molecule has 1 rings (SSSR count). The highest BCUT2D eigenvalue weighted by Crippen LogP contribution is 2.12. The molecule has 0 radical (unpaired) electrons. The van der Waals surface area contributed by atoms with Crippen LogP contribution in [0.3, 0.4) is 0 Å². The van der Waals surface area contributed by atoms with E-state index in [0.29, 0.717) is 17.9 Å². The largest absolute Gasteiger partial charge is 0.465 e. The maximum Gasteiger partial charge on any atom is 0.404 e. The summed E-state index contributed by atoms with van der Waals surface area (Å²) in [6.45, 7) is -0.0431. The van der Waals surface area contributed by atoms with Crippen LogP contribution in [0, 0.1) is 0 Å². The van der Waals surface area contributed by atoms with Crippen molar-refractivity contribution in [3.05, 3.63) is 34.9 Å². The Morgan fingerprint density at radius 2 is 2.00 bits per heavy atom. The van der Waals surface area contributed by atoms with Crippen LogP contribution in [-0.2, 0) is 6.42 Å². The first-order valence-electron chi connectivity index (χ1n) is 4.96. The SMILES string of the molecule is O=C(O)NC(CCO)Cc1ccc(Cl)cc1. The molecule has 0 saturated carbocycles. The highest BCUT2D eigenvalue weighted by atomic mass is 35.5. The van der Waals surface area contributed by atoms with Gasteiger partial charge in [0.25, 0.3) is 0 Å². The van der Waals surface area contributed by atoms with E-state index in [9.17, 15) is 4.79 Å². The lowest BCUT2D eigenvalue weighted by atomic mass is 10.0. The van der Waals surface area contributed by atoms with Crippen molar-refractivity contribution in [2.75, 3.05) is 6.61 Å². The Morgan fingerprint density at radius 1 is 1.38 bits per heavy atom. The van der Waals surface area contributed by atoms with E-state index >= 15 is 0 Å². The fourth-order valence-electron chi connectivity index (χ4n) is 1.46. The maximum absolute atomic E-state index is 10.5. The van der Waals surface area contributed by atoms with E-state index in [1.165, 1.54) is 0 Å². The molecule has 0 spiro atoms. The Balaban J connectivity index is 2.59. The molecule has 0 saturated heterocycles. The Hall–Kier alpha value is -1.26. The lowest BCUT2D eigenvalue weighted by Gasteiger charge is -2.15. The predicted octanol–water partition coefficient (Wildman–Crippen LogP) is 1.90. The first-order chi connectivity index (χ1) is 7.61. The molecule has 4 nitrogen and oxygen atoms in total. The van der Waals surface area contributed by atoms with Crippen molar-refractivity contribution >= 4 is 17.7 Å². The van der Waals surface area contributed by atoms with Crippen LogP contribution in [0.1, 0.15) is 12.0 Å². The lowest BCUT2D eigenvalue weighted by molar-refractivity contribution is 0.185. The summed E-state index contributed by atoms with van der Waals surface area (Å²) < 4.78 is 0. The molecule has 1 aromatic rings. The van der Waals surface area contributed by atoms with Gasteiger partial charge in [-0.05, 0) is 30.5 Å². The molecule has 5 heteroatoms. The average molecular weight is 244 g/mol. The second-order valence-electron chi connectivity index (χ2n) is 3.49. The third-order valence-electron chi connectivity index (χ3n) is 2.20. The van der Waals surface area contributed by atoms with Gasteiger partial charge in [0.1, 0.15) is 0 Å². The maximum atomic E-state index is 10.5. The smallest absolute Gasteiger partial charge is 0.404 e. The van der Waals surface area contributed by atoms with E-state index in [1.54, 1.807) is 12.1 Å². The van der Waals surface area contributed by atoms with Crippen LogP contribution in [0.15, 0.2) is 24.3 Å². The summed E-state index contributed by atoms with van der Waals surface area (Å²) in [5, 5.41) is 20.5. The Morgan fingerprint density at radius 3 is 2.50 bits per heavy atom. The standard InChI is InChI=1S/C11H14ClNO3/c12-9-3-1-8(2-4-9)7-10(5-6-14)13-11(15)16/h1-4,10,13-14H,5-7H2,(H,15,16). The number of aliphatic hydroxyl groups is 1. The van der Waals surface area contributed by atoms with E-state index in [2.05, 4.69) is 5.32 Å². The number of hydrogen-bond donors (Lipinski definition) is 3. The normalized spacial score (nSPS) is 12.1. The van der Waals surface area contributed by atoms with Crippen LogP contribution in [-0.4, -0.2) is 29.0 Å². The van der Waals surface area contributed by atoms with E-state index in [4.69, 9.17) is 21.8 Å². The van der Waals surface area contributed by atoms with Crippen molar-refractivity contribution in [1.82, 2.24) is 5.32 Å². The highest BCUT2D eigenvalue weighted by molar-refractivity contribution is 6.30. The van der Waals surface area contributed by atoms with Crippen LogP contribution >= 0.6 is 11.6 Å². The van der Waals surface area contributed by atoms with Gasteiger partial charge in [-0.2, -0.15) is 0 Å². The van der Waals surface area contributed by atoms with Crippen LogP contribution in [0.5, 0.6) is 0 Å². The zero-order valence-corrected chi connectivity index (χ0v) is 9.44. The molecule has 1 atom stereocenters. The zero-order chi connectivity index (χ0) is 12.0. The van der Waals surface area contributed by atoms with Gasteiger partial charge in [0, 0.05) is 17.7 Å². The molecule has 0 aromatic heterocycles. The van der Waals surface area contributed by atoms with Crippen molar-refractivity contribution in [1.29, 1.82) is 0 Å². The molecule has 16 heavy (non-hydrogen) atoms. The summed E-state index contributed by atoms with van der Waals surface area (Å²) in [6.07, 6.45) is -0.133. The number of aliphatic hydroxyl groups excluding tert-OH is 1. The molecule has 88 valence electrons. The second-order valence-corrected chi connectivity index (χ2v) is 3.93. The van der Waals surface area contributed by atoms with Gasteiger partial charge in [0.05, 0.1) is 0 Å². The summed E-state index contributed by atoms with van der Waals surface area (Å²) in [7, 11) is 0. The van der Waals surface area contributed by atoms with E-state index < -0.39 is 6.09 Å². The second kappa shape index (κ2) is 6.35. The Kier molecular flexibility index (Phi) is 5.08. The topological polar surface area (TPSA) is 69.6 Å². The molecule has 0 aliphatic carbocycles. The molecule has 0 aliphatic rings. The molecular formula is C11H14ClNO3. The number of hydrogen-bond acceptors (Lipinski definition) is 2. The number of halogens is 1. The minimum absolute atomic E-state index is 0.0431. The van der Waals surface area contributed by atoms with Gasteiger partial charge in [-0.3, -0.25) is 0 Å². The minimum Gasteiger partial charge on any atom is -0.465 e. The minimum atomic E-state index is -1.08. The number of carboxylic acid groups (broad SMARTS) is 1. The molecule has 3 N–H and O–H groups in total. The molecular weight excluding hydrogens is 230 g/mol. The molecule has 0 fully saturated rings.